The molecule has 144 valence electrons. The average Bonchev–Trinajstić information content (AvgIpc) is 2.78. The van der Waals surface area contributed by atoms with E-state index in [1.807, 2.05) is 43.0 Å². The topological polar surface area (TPSA) is 42.5 Å². The summed E-state index contributed by atoms with van der Waals surface area (Å²) in [6, 6.07) is 16.7. The molecular formula is C25H25N4+. The molecule has 4 aromatic rings. The van der Waals surface area contributed by atoms with Gasteiger partial charge in [-0.3, -0.25) is 15.0 Å². The van der Waals surface area contributed by atoms with Crippen LogP contribution in [-0.4, -0.2) is 15.0 Å². The van der Waals surface area contributed by atoms with Crippen molar-refractivity contribution < 1.29 is 4.57 Å². The highest BCUT2D eigenvalue weighted by atomic mass is 14.9. The van der Waals surface area contributed by atoms with E-state index in [9.17, 15) is 0 Å². The predicted octanol–water partition coefficient (Wildman–Crippen LogP) is 4.82. The monoisotopic (exact) mass is 381 g/mol. The third-order valence-electron chi connectivity index (χ3n) is 5.11. The van der Waals surface area contributed by atoms with E-state index in [0.29, 0.717) is 0 Å². The van der Waals surface area contributed by atoms with Crippen LogP contribution in [-0.2, 0) is 13.0 Å². The Morgan fingerprint density at radius 1 is 0.793 bits per heavy atom. The molecule has 0 bridgehead atoms. The van der Waals surface area contributed by atoms with E-state index in [2.05, 4.69) is 69.2 Å². The van der Waals surface area contributed by atoms with Crippen LogP contribution in [0.5, 0.6) is 0 Å². The molecule has 4 aromatic heterocycles. The quantitative estimate of drug-likeness (QED) is 0.340. The van der Waals surface area contributed by atoms with Crippen LogP contribution >= 0.6 is 0 Å². The lowest BCUT2D eigenvalue weighted by Gasteiger charge is -2.06. The van der Waals surface area contributed by atoms with Crippen LogP contribution in [0.15, 0.2) is 85.7 Å². The SMILES string of the molecule is Cc1cccnc1-c1cc(CCCC[n+]2ccc(-c3ccncc3)cc2)ccn1. The Labute approximate surface area is 172 Å². The molecule has 0 spiro atoms. The van der Waals surface area contributed by atoms with Crippen molar-refractivity contribution in [2.24, 2.45) is 0 Å². The maximum atomic E-state index is 4.51. The van der Waals surface area contributed by atoms with Crippen molar-refractivity contribution in [3.05, 3.63) is 96.8 Å². The molecule has 0 aliphatic rings. The second-order valence-electron chi connectivity index (χ2n) is 7.24. The zero-order valence-corrected chi connectivity index (χ0v) is 16.7. The zero-order valence-electron chi connectivity index (χ0n) is 16.7. The van der Waals surface area contributed by atoms with Gasteiger partial charge in [0.15, 0.2) is 12.4 Å². The summed E-state index contributed by atoms with van der Waals surface area (Å²) in [5.74, 6) is 0. The molecule has 4 nitrogen and oxygen atoms in total. The van der Waals surface area contributed by atoms with E-state index in [1.54, 1.807) is 0 Å². The normalized spacial score (nSPS) is 10.8. The molecule has 0 unspecified atom stereocenters. The average molecular weight is 382 g/mol. The van der Waals surface area contributed by atoms with Crippen LogP contribution in [0.1, 0.15) is 24.0 Å². The summed E-state index contributed by atoms with van der Waals surface area (Å²) in [5.41, 5.74) is 6.82. The van der Waals surface area contributed by atoms with Gasteiger partial charge in [-0.25, -0.2) is 4.57 Å². The van der Waals surface area contributed by atoms with Crippen LogP contribution in [0.4, 0.5) is 0 Å². The van der Waals surface area contributed by atoms with E-state index in [-0.39, 0.29) is 0 Å². The molecule has 0 saturated carbocycles. The number of hydrogen-bond acceptors (Lipinski definition) is 3. The van der Waals surface area contributed by atoms with Gasteiger partial charge in [-0.05, 0) is 72.4 Å². The lowest BCUT2D eigenvalue weighted by Crippen LogP contribution is -2.32. The molecule has 0 amide bonds. The van der Waals surface area contributed by atoms with Gasteiger partial charge in [0, 0.05) is 43.3 Å². The highest BCUT2D eigenvalue weighted by Crippen LogP contribution is 2.20. The Hall–Kier alpha value is -3.40. The van der Waals surface area contributed by atoms with E-state index in [4.69, 9.17) is 0 Å². The molecular weight excluding hydrogens is 356 g/mol. The molecule has 0 saturated heterocycles. The third kappa shape index (κ3) is 4.91. The number of nitrogens with zero attached hydrogens (tertiary/aromatic N) is 4. The summed E-state index contributed by atoms with van der Waals surface area (Å²) in [5, 5.41) is 0. The minimum atomic E-state index is 0.960. The summed E-state index contributed by atoms with van der Waals surface area (Å²) < 4.78 is 2.25. The maximum absolute atomic E-state index is 4.51. The first kappa shape index (κ1) is 18.9. The minimum absolute atomic E-state index is 0.960. The predicted molar refractivity (Wildman–Crippen MR) is 115 cm³/mol. The molecule has 4 heterocycles. The van der Waals surface area contributed by atoms with Gasteiger partial charge in [0.2, 0.25) is 0 Å². The van der Waals surface area contributed by atoms with Gasteiger partial charge in [-0.2, -0.15) is 0 Å². The fourth-order valence-corrected chi connectivity index (χ4v) is 3.48. The minimum Gasteiger partial charge on any atom is -0.265 e. The van der Waals surface area contributed by atoms with Crippen LogP contribution < -0.4 is 4.57 Å². The summed E-state index contributed by atoms with van der Waals surface area (Å²) in [7, 11) is 0. The number of aromatic nitrogens is 4. The number of rotatable bonds is 7. The van der Waals surface area contributed by atoms with Crippen LogP contribution in [0.2, 0.25) is 0 Å². The van der Waals surface area contributed by atoms with Crippen molar-refractivity contribution in [3.63, 3.8) is 0 Å². The zero-order chi connectivity index (χ0) is 19.9. The molecule has 0 N–H and O–H groups in total. The van der Waals surface area contributed by atoms with E-state index >= 15 is 0 Å². The Kier molecular flexibility index (Phi) is 6.01. The highest BCUT2D eigenvalue weighted by molar-refractivity contribution is 5.61. The molecule has 0 aliphatic heterocycles. The maximum Gasteiger partial charge on any atom is 0.169 e. The Balaban J connectivity index is 1.31. The second-order valence-corrected chi connectivity index (χ2v) is 7.24. The lowest BCUT2D eigenvalue weighted by atomic mass is 10.1. The number of hydrogen-bond donors (Lipinski definition) is 0. The number of aryl methyl sites for hydroxylation is 3. The molecule has 0 fully saturated rings. The van der Waals surface area contributed by atoms with E-state index < -0.39 is 0 Å². The molecule has 4 rings (SSSR count). The van der Waals surface area contributed by atoms with Crippen molar-refractivity contribution in [1.29, 1.82) is 0 Å². The van der Waals surface area contributed by atoms with Gasteiger partial charge >= 0.3 is 0 Å². The first-order chi connectivity index (χ1) is 14.3. The molecule has 0 radical (unpaired) electrons. The van der Waals surface area contributed by atoms with Crippen molar-refractivity contribution in [3.8, 4) is 22.5 Å². The molecule has 0 aliphatic carbocycles. The Morgan fingerprint density at radius 2 is 1.59 bits per heavy atom. The van der Waals surface area contributed by atoms with Crippen molar-refractivity contribution in [2.75, 3.05) is 0 Å². The standard InChI is InChI=1S/C25H25N4/c1-20-5-4-12-28-25(20)24-19-21(7-15-27-24)6-2-3-16-29-17-10-23(11-18-29)22-8-13-26-14-9-22/h4-5,7-15,17-19H,2-3,6,16H2,1H3/q+1. The molecule has 0 aromatic carbocycles. The fraction of sp³-hybridized carbons (Fsp3) is 0.200. The van der Waals surface area contributed by atoms with Crippen LogP contribution in [0, 0.1) is 6.92 Å². The van der Waals surface area contributed by atoms with Crippen molar-refractivity contribution >= 4 is 0 Å². The van der Waals surface area contributed by atoms with Crippen LogP contribution in [0.3, 0.4) is 0 Å². The number of pyridine rings is 4. The van der Waals surface area contributed by atoms with E-state index in [1.165, 1.54) is 16.7 Å². The highest BCUT2D eigenvalue weighted by Gasteiger charge is 2.06. The van der Waals surface area contributed by atoms with Gasteiger partial charge in [0.1, 0.15) is 6.54 Å². The Bertz CT molecular complexity index is 1060. The molecule has 29 heavy (non-hydrogen) atoms. The summed E-state index contributed by atoms with van der Waals surface area (Å²) in [6.45, 7) is 3.10. The van der Waals surface area contributed by atoms with Crippen LogP contribution in [0.25, 0.3) is 22.5 Å². The fourth-order valence-electron chi connectivity index (χ4n) is 3.48. The summed E-state index contributed by atoms with van der Waals surface area (Å²) in [6.07, 6.45) is 15.0. The van der Waals surface area contributed by atoms with Crippen molar-refractivity contribution in [1.82, 2.24) is 15.0 Å². The number of unbranched alkanes of at least 4 members (excludes halogenated alkanes) is 1. The van der Waals surface area contributed by atoms with Gasteiger partial charge in [-0.15, -0.1) is 0 Å². The van der Waals surface area contributed by atoms with Crippen molar-refractivity contribution in [2.45, 2.75) is 32.7 Å². The Morgan fingerprint density at radius 3 is 2.38 bits per heavy atom. The third-order valence-corrected chi connectivity index (χ3v) is 5.11. The van der Waals surface area contributed by atoms with E-state index in [0.717, 1.165) is 42.8 Å². The summed E-state index contributed by atoms with van der Waals surface area (Å²) in [4.78, 5) is 13.1. The largest absolute Gasteiger partial charge is 0.265 e. The van der Waals surface area contributed by atoms with Gasteiger partial charge in [0.05, 0.1) is 11.4 Å². The summed E-state index contributed by atoms with van der Waals surface area (Å²) >= 11 is 0. The first-order valence-corrected chi connectivity index (χ1v) is 10.1. The first-order valence-electron chi connectivity index (χ1n) is 10.1. The van der Waals surface area contributed by atoms with Gasteiger partial charge in [-0.1, -0.05) is 6.07 Å². The molecule has 0 atom stereocenters. The lowest BCUT2D eigenvalue weighted by molar-refractivity contribution is -0.697. The smallest absolute Gasteiger partial charge is 0.169 e. The second kappa shape index (κ2) is 9.20. The van der Waals surface area contributed by atoms with Gasteiger partial charge in [0.25, 0.3) is 0 Å². The van der Waals surface area contributed by atoms with Gasteiger partial charge < -0.3 is 0 Å². The molecule has 4 heteroatoms.